The van der Waals surface area contributed by atoms with Crippen molar-refractivity contribution in [2.45, 2.75) is 13.3 Å². The number of benzene rings is 1. The molecule has 20 heavy (non-hydrogen) atoms. The van der Waals surface area contributed by atoms with Crippen LogP contribution in [0.3, 0.4) is 0 Å². The molecule has 0 aromatic heterocycles. The first-order chi connectivity index (χ1) is 8.88. The van der Waals surface area contributed by atoms with Crippen LogP contribution in [0.1, 0.15) is 12.0 Å². The van der Waals surface area contributed by atoms with E-state index in [0.717, 1.165) is 10.0 Å². The third kappa shape index (κ3) is 3.43. The van der Waals surface area contributed by atoms with E-state index >= 15 is 0 Å². The summed E-state index contributed by atoms with van der Waals surface area (Å²) in [6, 6.07) is 3.65. The van der Waals surface area contributed by atoms with E-state index in [9.17, 15) is 9.59 Å². The van der Waals surface area contributed by atoms with Crippen molar-refractivity contribution in [2.75, 3.05) is 24.6 Å². The zero-order valence-electron chi connectivity index (χ0n) is 11.3. The second kappa shape index (κ2) is 6.45. The number of nitrogens with one attached hydrogen (secondary N) is 1. The highest BCUT2D eigenvalue weighted by Gasteiger charge is 2.32. The fraction of sp³-hybridized carbons (Fsp3) is 0.385. The molecule has 0 spiro atoms. The molecular weight excluding hydrogens is 346 g/mol. The average Bonchev–Trinajstić information content (AvgIpc) is 2.66. The Bertz CT molecular complexity index is 551. The summed E-state index contributed by atoms with van der Waals surface area (Å²) in [5, 5.41) is 2.80. The van der Waals surface area contributed by atoms with Crippen LogP contribution in [0, 0.1) is 12.8 Å². The summed E-state index contributed by atoms with van der Waals surface area (Å²) in [4.78, 5) is 25.1. The van der Waals surface area contributed by atoms with Crippen molar-refractivity contribution < 1.29 is 9.59 Å². The fourth-order valence-electron chi connectivity index (χ4n) is 2.13. The lowest BCUT2D eigenvalue weighted by Gasteiger charge is -2.14. The number of rotatable bonds is 2. The monoisotopic (exact) mass is 361 g/mol. The van der Waals surface area contributed by atoms with Gasteiger partial charge in [-0.3, -0.25) is 9.59 Å². The number of nitrogen functional groups attached to an aromatic ring is 1. The van der Waals surface area contributed by atoms with Crippen LogP contribution in [0.2, 0.25) is 0 Å². The van der Waals surface area contributed by atoms with Crippen LogP contribution in [0.4, 0.5) is 11.4 Å². The number of nitrogens with zero attached hydrogens (tertiary/aromatic N) is 1. The second-order valence-corrected chi connectivity index (χ2v) is 5.76. The summed E-state index contributed by atoms with van der Waals surface area (Å²) in [6.45, 7) is 2.33. The molecule has 1 aromatic carbocycles. The number of carbonyl (C=O) groups excluding carboxylic acids is 2. The lowest BCUT2D eigenvalue weighted by molar-refractivity contribution is -0.127. The van der Waals surface area contributed by atoms with E-state index in [1.807, 2.05) is 13.0 Å². The maximum atomic E-state index is 12.1. The summed E-state index contributed by atoms with van der Waals surface area (Å²) in [7, 11) is 1.70. The zero-order chi connectivity index (χ0) is 14.2. The third-order valence-corrected chi connectivity index (χ3v) is 3.78. The molecule has 0 bridgehead atoms. The normalized spacial score (nSPS) is 17.9. The Balaban J connectivity index is 0.00000200. The molecule has 7 heteroatoms. The van der Waals surface area contributed by atoms with Crippen LogP contribution in [-0.4, -0.2) is 30.3 Å². The Labute approximate surface area is 132 Å². The number of nitrogens with two attached hydrogens (primary N) is 1. The van der Waals surface area contributed by atoms with Gasteiger partial charge in [0.25, 0.3) is 0 Å². The van der Waals surface area contributed by atoms with Crippen molar-refractivity contribution in [3.63, 3.8) is 0 Å². The Morgan fingerprint density at radius 1 is 1.50 bits per heavy atom. The molecule has 1 unspecified atom stereocenters. The standard InChI is InChI=1S/C13H16BrN3O2.ClH/c1-7-3-9(14)5-10(12(7)15)16-13(19)8-4-11(18)17(2)6-8;/h3,5,8H,4,6,15H2,1-2H3,(H,16,19);1H. The molecule has 5 nitrogen and oxygen atoms in total. The molecule has 2 amide bonds. The Hall–Kier alpha value is -1.27. The first kappa shape index (κ1) is 16.8. The number of carbonyl (C=O) groups is 2. The number of anilines is 2. The van der Waals surface area contributed by atoms with Gasteiger partial charge in [0, 0.05) is 24.5 Å². The molecule has 1 atom stereocenters. The highest BCUT2D eigenvalue weighted by Crippen LogP contribution is 2.28. The van der Waals surface area contributed by atoms with Crippen LogP contribution in [0.15, 0.2) is 16.6 Å². The molecule has 1 aliphatic heterocycles. The van der Waals surface area contributed by atoms with E-state index in [2.05, 4.69) is 21.2 Å². The molecule has 0 aliphatic carbocycles. The largest absolute Gasteiger partial charge is 0.397 e. The van der Waals surface area contributed by atoms with Crippen LogP contribution in [0.25, 0.3) is 0 Å². The topological polar surface area (TPSA) is 75.4 Å². The molecule has 1 aliphatic rings. The number of hydrogen-bond acceptors (Lipinski definition) is 3. The molecule has 0 saturated carbocycles. The molecule has 110 valence electrons. The molecule has 3 N–H and O–H groups in total. The van der Waals surface area contributed by atoms with Crippen molar-refractivity contribution >= 4 is 51.5 Å². The zero-order valence-corrected chi connectivity index (χ0v) is 13.7. The number of aryl methyl sites for hydroxylation is 1. The van der Waals surface area contributed by atoms with Gasteiger partial charge >= 0.3 is 0 Å². The summed E-state index contributed by atoms with van der Waals surface area (Å²) < 4.78 is 0.856. The van der Waals surface area contributed by atoms with Crippen molar-refractivity contribution in [1.29, 1.82) is 0 Å². The van der Waals surface area contributed by atoms with Gasteiger partial charge in [0.2, 0.25) is 11.8 Å². The van der Waals surface area contributed by atoms with E-state index < -0.39 is 0 Å². The van der Waals surface area contributed by atoms with Gasteiger partial charge in [0.05, 0.1) is 17.3 Å². The van der Waals surface area contributed by atoms with Gasteiger partial charge in [0.1, 0.15) is 0 Å². The molecule has 0 radical (unpaired) electrons. The second-order valence-electron chi connectivity index (χ2n) is 4.85. The van der Waals surface area contributed by atoms with E-state index in [1.165, 1.54) is 0 Å². The molecule has 1 aromatic rings. The summed E-state index contributed by atoms with van der Waals surface area (Å²) in [5.41, 5.74) is 7.97. The molecule has 1 saturated heterocycles. The maximum Gasteiger partial charge on any atom is 0.229 e. The van der Waals surface area contributed by atoms with E-state index in [1.54, 1.807) is 18.0 Å². The van der Waals surface area contributed by atoms with Gasteiger partial charge in [0.15, 0.2) is 0 Å². The molecule has 1 heterocycles. The molecule has 2 rings (SSSR count). The van der Waals surface area contributed by atoms with Crippen LogP contribution in [0.5, 0.6) is 0 Å². The predicted molar refractivity (Wildman–Crippen MR) is 84.9 cm³/mol. The Kier molecular flexibility index (Phi) is 5.42. The minimum atomic E-state index is -0.309. The summed E-state index contributed by atoms with van der Waals surface area (Å²) >= 11 is 3.37. The fourth-order valence-corrected chi connectivity index (χ4v) is 2.70. The summed E-state index contributed by atoms with van der Waals surface area (Å²) in [5.74, 6) is -0.475. The quantitative estimate of drug-likeness (QED) is 0.792. The maximum absolute atomic E-state index is 12.1. The first-order valence-corrected chi connectivity index (χ1v) is 6.78. The number of likely N-dealkylation sites (tertiary alicyclic amines) is 1. The third-order valence-electron chi connectivity index (χ3n) is 3.32. The highest BCUT2D eigenvalue weighted by molar-refractivity contribution is 9.10. The molecular formula is C13H17BrClN3O2. The Morgan fingerprint density at radius 3 is 2.70 bits per heavy atom. The minimum Gasteiger partial charge on any atom is -0.397 e. The van der Waals surface area contributed by atoms with E-state index in [-0.39, 0.29) is 36.6 Å². The van der Waals surface area contributed by atoms with Gasteiger partial charge < -0.3 is 16.0 Å². The average molecular weight is 363 g/mol. The van der Waals surface area contributed by atoms with Crippen molar-refractivity contribution in [2.24, 2.45) is 5.92 Å². The van der Waals surface area contributed by atoms with Crippen LogP contribution >= 0.6 is 28.3 Å². The van der Waals surface area contributed by atoms with Gasteiger partial charge in [-0.05, 0) is 24.6 Å². The van der Waals surface area contributed by atoms with Gasteiger partial charge in [-0.1, -0.05) is 15.9 Å². The lowest BCUT2D eigenvalue weighted by atomic mass is 10.1. The van der Waals surface area contributed by atoms with Gasteiger partial charge in [-0.25, -0.2) is 0 Å². The van der Waals surface area contributed by atoms with E-state index in [4.69, 9.17) is 5.73 Å². The lowest BCUT2D eigenvalue weighted by Crippen LogP contribution is -2.26. The minimum absolute atomic E-state index is 0. The van der Waals surface area contributed by atoms with Crippen molar-refractivity contribution in [1.82, 2.24) is 4.90 Å². The van der Waals surface area contributed by atoms with Crippen LogP contribution < -0.4 is 11.1 Å². The summed E-state index contributed by atoms with van der Waals surface area (Å²) in [6.07, 6.45) is 0.259. The first-order valence-electron chi connectivity index (χ1n) is 5.99. The number of halogens is 2. The highest BCUT2D eigenvalue weighted by atomic mass is 79.9. The van der Waals surface area contributed by atoms with Crippen molar-refractivity contribution in [3.05, 3.63) is 22.2 Å². The van der Waals surface area contributed by atoms with Gasteiger partial charge in [-0.15, -0.1) is 12.4 Å². The van der Waals surface area contributed by atoms with Crippen LogP contribution in [-0.2, 0) is 9.59 Å². The van der Waals surface area contributed by atoms with Gasteiger partial charge in [-0.2, -0.15) is 0 Å². The number of amides is 2. The predicted octanol–water partition coefficient (Wildman–Crippen LogP) is 2.18. The number of hydrogen-bond donors (Lipinski definition) is 2. The van der Waals surface area contributed by atoms with Crippen molar-refractivity contribution in [3.8, 4) is 0 Å². The smallest absolute Gasteiger partial charge is 0.229 e. The SMILES string of the molecule is Cc1cc(Br)cc(NC(=O)C2CC(=O)N(C)C2)c1N.Cl. The van der Waals surface area contributed by atoms with E-state index in [0.29, 0.717) is 17.9 Å². The molecule has 1 fully saturated rings. The Morgan fingerprint density at radius 2 is 2.15 bits per heavy atom.